The first kappa shape index (κ1) is 26.9. The van der Waals surface area contributed by atoms with Crippen LogP contribution in [0.15, 0.2) is 0 Å². The van der Waals surface area contributed by atoms with Crippen LogP contribution in [0.25, 0.3) is 0 Å². The van der Waals surface area contributed by atoms with Gasteiger partial charge in [0.2, 0.25) is 11.8 Å². The van der Waals surface area contributed by atoms with Crippen molar-refractivity contribution >= 4 is 11.8 Å². The average Bonchev–Trinajstić information content (AvgIpc) is 3.15. The van der Waals surface area contributed by atoms with Crippen molar-refractivity contribution in [3.63, 3.8) is 0 Å². The highest BCUT2D eigenvalue weighted by atomic mass is 16.2. The van der Waals surface area contributed by atoms with Gasteiger partial charge in [-0.1, -0.05) is 90.9 Å². The number of carbonyl (C=O) groups is 2. The Morgan fingerprint density at radius 1 is 0.867 bits per heavy atom. The lowest BCUT2D eigenvalue weighted by Crippen LogP contribution is -2.51. The number of hydrogen-bond donors (Lipinski definition) is 1. The number of nitrogens with zero attached hydrogens (tertiary/aromatic N) is 2. The predicted octanol–water partition coefficient (Wildman–Crippen LogP) is 5.69. The minimum atomic E-state index is -0.191. The molecule has 1 N–H and O–H groups in total. The fourth-order valence-electron chi connectivity index (χ4n) is 4.28. The Bertz CT molecular complexity index is 465. The fraction of sp³-hybridized carbons (Fsp3) is 0.920. The molecule has 0 unspecified atom stereocenters. The van der Waals surface area contributed by atoms with Gasteiger partial charge in [-0.15, -0.1) is 0 Å². The molecule has 1 aliphatic heterocycles. The zero-order chi connectivity index (χ0) is 22.2. The minimum absolute atomic E-state index is 0.0573. The van der Waals surface area contributed by atoms with Gasteiger partial charge in [0.05, 0.1) is 0 Å². The van der Waals surface area contributed by atoms with Gasteiger partial charge < -0.3 is 4.90 Å². The molecule has 1 atom stereocenters. The van der Waals surface area contributed by atoms with Crippen molar-refractivity contribution in [2.75, 3.05) is 20.6 Å². The lowest BCUT2D eigenvalue weighted by Gasteiger charge is -2.26. The molecule has 0 saturated carbocycles. The van der Waals surface area contributed by atoms with Gasteiger partial charge in [-0.25, -0.2) is 5.01 Å². The van der Waals surface area contributed by atoms with Gasteiger partial charge in [-0.2, -0.15) is 0 Å². The van der Waals surface area contributed by atoms with E-state index in [1.807, 2.05) is 5.01 Å². The number of carbonyl (C=O) groups excluding carboxylic acids is 2. The highest BCUT2D eigenvalue weighted by molar-refractivity contribution is 5.82. The van der Waals surface area contributed by atoms with E-state index in [0.29, 0.717) is 6.42 Å². The van der Waals surface area contributed by atoms with Crippen molar-refractivity contribution in [1.29, 1.82) is 0 Å². The summed E-state index contributed by atoms with van der Waals surface area (Å²) >= 11 is 0. The molecule has 1 fully saturated rings. The first-order chi connectivity index (χ1) is 14.4. The Labute approximate surface area is 186 Å². The second-order valence-corrected chi connectivity index (χ2v) is 9.79. The molecule has 1 saturated heterocycles. The van der Waals surface area contributed by atoms with Gasteiger partial charge in [-0.3, -0.25) is 15.0 Å². The Kier molecular flexibility index (Phi) is 14.9. The number of hydrazine groups is 1. The van der Waals surface area contributed by atoms with E-state index in [1.54, 1.807) is 19.0 Å². The third-order valence-corrected chi connectivity index (χ3v) is 6.18. The van der Waals surface area contributed by atoms with Gasteiger partial charge in [0.1, 0.15) is 6.04 Å². The molecule has 0 aromatic carbocycles. The fourth-order valence-corrected chi connectivity index (χ4v) is 4.28. The van der Waals surface area contributed by atoms with Crippen molar-refractivity contribution in [2.24, 2.45) is 5.92 Å². The highest BCUT2D eigenvalue weighted by Gasteiger charge is 2.32. The summed E-state index contributed by atoms with van der Waals surface area (Å²) in [7, 11) is 3.55. The monoisotopic (exact) mass is 423 g/mol. The second kappa shape index (κ2) is 16.6. The molecule has 1 rings (SSSR count). The van der Waals surface area contributed by atoms with E-state index in [2.05, 4.69) is 19.3 Å². The minimum Gasteiger partial charge on any atom is -0.347 e. The normalized spacial score (nSPS) is 16.9. The van der Waals surface area contributed by atoms with Gasteiger partial charge >= 0.3 is 0 Å². The molecule has 30 heavy (non-hydrogen) atoms. The quantitative estimate of drug-likeness (QED) is 0.306. The molecule has 0 aliphatic carbocycles. The molecular weight excluding hydrogens is 374 g/mol. The smallest absolute Gasteiger partial charge is 0.241 e. The van der Waals surface area contributed by atoms with Crippen LogP contribution in [-0.2, 0) is 9.59 Å². The van der Waals surface area contributed by atoms with Gasteiger partial charge in [0.15, 0.2) is 0 Å². The molecule has 0 aromatic heterocycles. The summed E-state index contributed by atoms with van der Waals surface area (Å²) < 4.78 is 0. The van der Waals surface area contributed by atoms with Crippen LogP contribution in [0.2, 0.25) is 0 Å². The van der Waals surface area contributed by atoms with Crippen LogP contribution in [0.4, 0.5) is 0 Å². The van der Waals surface area contributed by atoms with E-state index in [1.165, 1.54) is 70.6 Å². The molecule has 0 spiro atoms. The Balaban J connectivity index is 1.91. The summed E-state index contributed by atoms with van der Waals surface area (Å²) in [6, 6.07) is -0.191. The van der Waals surface area contributed by atoms with Crippen LogP contribution in [0.1, 0.15) is 117 Å². The predicted molar refractivity (Wildman–Crippen MR) is 126 cm³/mol. The highest BCUT2D eigenvalue weighted by Crippen LogP contribution is 2.17. The Morgan fingerprint density at radius 3 is 1.87 bits per heavy atom. The summed E-state index contributed by atoms with van der Waals surface area (Å²) in [6.45, 7) is 5.40. The first-order valence-electron chi connectivity index (χ1n) is 12.7. The van der Waals surface area contributed by atoms with Gasteiger partial charge in [-0.05, 0) is 25.2 Å². The van der Waals surface area contributed by atoms with Crippen LogP contribution >= 0.6 is 0 Å². The van der Waals surface area contributed by atoms with Crippen molar-refractivity contribution in [3.05, 3.63) is 0 Å². The lowest BCUT2D eigenvalue weighted by atomic mass is 10.0. The third-order valence-electron chi connectivity index (χ3n) is 6.18. The molecule has 0 bridgehead atoms. The number of nitrogens with one attached hydrogen (secondary N) is 1. The number of amides is 2. The van der Waals surface area contributed by atoms with Crippen molar-refractivity contribution < 1.29 is 9.59 Å². The number of rotatable bonds is 17. The maximum atomic E-state index is 12.2. The summed E-state index contributed by atoms with van der Waals surface area (Å²) in [5, 5.41) is 1.84. The second-order valence-electron chi connectivity index (χ2n) is 9.79. The standard InChI is InChI=1S/C25H49N3O2/c1-22(2)18-15-13-11-9-7-5-6-8-10-12-14-16-20-24(29)26-28-21-17-19-23(28)25(30)27(3)4/h22-23H,5-21H2,1-4H3,(H,26,29)/t23-/m0/s1. The first-order valence-corrected chi connectivity index (χ1v) is 12.7. The molecule has 0 aromatic rings. The average molecular weight is 424 g/mol. The summed E-state index contributed by atoms with van der Waals surface area (Å²) in [5.74, 6) is 0.997. The van der Waals surface area contributed by atoms with Crippen LogP contribution in [0.3, 0.4) is 0 Å². The third kappa shape index (κ3) is 12.6. The van der Waals surface area contributed by atoms with Gasteiger partial charge in [0, 0.05) is 27.1 Å². The van der Waals surface area contributed by atoms with E-state index in [0.717, 1.165) is 38.1 Å². The molecule has 5 heteroatoms. The van der Waals surface area contributed by atoms with Crippen molar-refractivity contribution in [2.45, 2.75) is 123 Å². The molecule has 1 heterocycles. The van der Waals surface area contributed by atoms with Crippen LogP contribution in [0.5, 0.6) is 0 Å². The van der Waals surface area contributed by atoms with Crippen LogP contribution in [0, 0.1) is 5.92 Å². The van der Waals surface area contributed by atoms with Crippen LogP contribution in [-0.4, -0.2) is 48.4 Å². The number of unbranched alkanes of at least 4 members (excludes halogenated alkanes) is 11. The van der Waals surface area contributed by atoms with E-state index in [-0.39, 0.29) is 17.9 Å². The molecule has 176 valence electrons. The maximum Gasteiger partial charge on any atom is 0.241 e. The zero-order valence-electron chi connectivity index (χ0n) is 20.4. The summed E-state index contributed by atoms with van der Waals surface area (Å²) in [5.41, 5.74) is 2.96. The molecular formula is C25H49N3O2. The van der Waals surface area contributed by atoms with E-state index in [4.69, 9.17) is 0 Å². The van der Waals surface area contributed by atoms with Gasteiger partial charge in [0.25, 0.3) is 0 Å². The zero-order valence-corrected chi connectivity index (χ0v) is 20.4. The lowest BCUT2D eigenvalue weighted by molar-refractivity contribution is -0.137. The Morgan fingerprint density at radius 2 is 1.37 bits per heavy atom. The number of hydrogen-bond acceptors (Lipinski definition) is 3. The van der Waals surface area contributed by atoms with Crippen molar-refractivity contribution in [1.82, 2.24) is 15.3 Å². The molecule has 0 radical (unpaired) electrons. The van der Waals surface area contributed by atoms with E-state index < -0.39 is 0 Å². The number of likely N-dealkylation sites (N-methyl/N-ethyl adjacent to an activating group) is 1. The Hall–Kier alpha value is -1.10. The van der Waals surface area contributed by atoms with Crippen molar-refractivity contribution in [3.8, 4) is 0 Å². The van der Waals surface area contributed by atoms with E-state index >= 15 is 0 Å². The van der Waals surface area contributed by atoms with E-state index in [9.17, 15) is 9.59 Å². The maximum absolute atomic E-state index is 12.2. The molecule has 2 amide bonds. The summed E-state index contributed by atoms with van der Waals surface area (Å²) in [4.78, 5) is 26.0. The van der Waals surface area contributed by atoms with Crippen LogP contribution < -0.4 is 5.43 Å². The molecule has 5 nitrogen and oxygen atoms in total. The molecule has 1 aliphatic rings. The SMILES string of the molecule is CC(C)CCCCCCCCCCCCCCC(=O)NN1CCC[C@H]1C(=O)N(C)C. The largest absolute Gasteiger partial charge is 0.347 e. The topological polar surface area (TPSA) is 52.7 Å². The summed E-state index contributed by atoms with van der Waals surface area (Å²) in [6.07, 6.45) is 19.5.